The van der Waals surface area contributed by atoms with Gasteiger partial charge in [0.05, 0.1) is 11.5 Å². The van der Waals surface area contributed by atoms with E-state index in [-0.39, 0.29) is 5.69 Å². The fraction of sp³-hybridized carbons (Fsp3) is 0.600. The molecule has 1 aromatic carbocycles. The first-order valence-corrected chi connectivity index (χ1v) is 7.22. The highest BCUT2D eigenvalue weighted by atomic mass is 16.6. The number of hydrogen-bond acceptors (Lipinski definition) is 4. The first-order chi connectivity index (χ1) is 9.58. The van der Waals surface area contributed by atoms with Crippen molar-refractivity contribution in [1.82, 2.24) is 5.32 Å². The van der Waals surface area contributed by atoms with Crippen LogP contribution in [0.3, 0.4) is 0 Å². The molecule has 0 aliphatic carbocycles. The smallest absolute Gasteiger partial charge is 0.310 e. The van der Waals surface area contributed by atoms with E-state index < -0.39 is 4.92 Å². The summed E-state index contributed by atoms with van der Waals surface area (Å²) in [6.07, 6.45) is 2.76. The fourth-order valence-corrected chi connectivity index (χ4v) is 1.98. The van der Waals surface area contributed by atoms with Gasteiger partial charge < -0.3 is 10.1 Å². The summed E-state index contributed by atoms with van der Waals surface area (Å²) in [6, 6.07) is 5.47. The highest BCUT2D eigenvalue weighted by Crippen LogP contribution is 2.28. The van der Waals surface area contributed by atoms with Crippen molar-refractivity contribution in [3.05, 3.63) is 33.9 Å². The summed E-state index contributed by atoms with van der Waals surface area (Å²) in [7, 11) is 0. The summed E-state index contributed by atoms with van der Waals surface area (Å²) >= 11 is 0. The minimum absolute atomic E-state index is 0.0383. The predicted molar refractivity (Wildman–Crippen MR) is 80.3 cm³/mol. The molecule has 0 aliphatic heterocycles. The number of rotatable bonds is 9. The van der Waals surface area contributed by atoms with Crippen LogP contribution in [0.25, 0.3) is 0 Å². The maximum absolute atomic E-state index is 11.0. The average Bonchev–Trinajstić information content (AvgIpc) is 2.42. The van der Waals surface area contributed by atoms with Gasteiger partial charge in [-0.2, -0.15) is 0 Å². The highest BCUT2D eigenvalue weighted by molar-refractivity contribution is 5.48. The first-order valence-electron chi connectivity index (χ1n) is 7.22. The van der Waals surface area contributed by atoms with Gasteiger partial charge in [0.15, 0.2) is 5.75 Å². The molecule has 1 rings (SSSR count). The van der Waals surface area contributed by atoms with E-state index in [1.54, 1.807) is 12.1 Å². The molecule has 0 amide bonds. The molecular formula is C15H24N2O3. The number of ether oxygens (including phenoxy) is 1. The minimum Gasteiger partial charge on any atom is -0.487 e. The van der Waals surface area contributed by atoms with E-state index >= 15 is 0 Å². The Balaban J connectivity index is 2.80. The van der Waals surface area contributed by atoms with Gasteiger partial charge in [-0.3, -0.25) is 10.1 Å². The van der Waals surface area contributed by atoms with Gasteiger partial charge in [-0.05, 0) is 44.4 Å². The van der Waals surface area contributed by atoms with E-state index in [0.29, 0.717) is 18.4 Å². The fourth-order valence-electron chi connectivity index (χ4n) is 1.98. The minimum atomic E-state index is -0.395. The second-order valence-corrected chi connectivity index (χ2v) is 4.97. The average molecular weight is 280 g/mol. The van der Waals surface area contributed by atoms with Crippen molar-refractivity contribution >= 4 is 5.69 Å². The van der Waals surface area contributed by atoms with Crippen molar-refractivity contribution in [3.63, 3.8) is 0 Å². The number of nitro benzene ring substituents is 1. The van der Waals surface area contributed by atoms with Gasteiger partial charge >= 0.3 is 5.69 Å². The Morgan fingerprint density at radius 3 is 2.70 bits per heavy atom. The number of nitrogens with one attached hydrogen (secondary N) is 1. The van der Waals surface area contributed by atoms with Crippen LogP contribution in [-0.2, 0) is 6.42 Å². The normalized spacial score (nSPS) is 12.2. The molecule has 0 bridgehead atoms. The van der Waals surface area contributed by atoms with E-state index in [1.165, 1.54) is 6.07 Å². The number of hydrogen-bond donors (Lipinski definition) is 1. The van der Waals surface area contributed by atoms with Gasteiger partial charge in [-0.1, -0.05) is 19.9 Å². The maximum atomic E-state index is 11.0. The molecule has 0 fully saturated rings. The van der Waals surface area contributed by atoms with Gasteiger partial charge in [0.25, 0.3) is 0 Å². The van der Waals surface area contributed by atoms with Crippen molar-refractivity contribution in [2.45, 2.75) is 46.1 Å². The van der Waals surface area contributed by atoms with Crippen molar-refractivity contribution in [2.75, 3.05) is 13.2 Å². The second kappa shape index (κ2) is 8.53. The molecule has 1 atom stereocenters. The SMILES string of the molecule is CCCNC(C)Cc1ccc([N+](=O)[O-])c(OCCC)c1. The van der Waals surface area contributed by atoms with Crippen LogP contribution in [0.2, 0.25) is 0 Å². The molecule has 0 spiro atoms. The molecule has 20 heavy (non-hydrogen) atoms. The van der Waals surface area contributed by atoms with Crippen molar-refractivity contribution in [1.29, 1.82) is 0 Å². The molecule has 0 saturated carbocycles. The van der Waals surface area contributed by atoms with Gasteiger partial charge in [-0.25, -0.2) is 0 Å². The standard InChI is InChI=1S/C15H24N2O3/c1-4-8-16-12(3)10-13-6-7-14(17(18)19)15(11-13)20-9-5-2/h6-7,11-12,16H,4-5,8-10H2,1-3H3. The predicted octanol–water partition coefficient (Wildman–Crippen LogP) is 3.31. The molecule has 0 saturated heterocycles. The Hall–Kier alpha value is -1.62. The Labute approximate surface area is 120 Å². The van der Waals surface area contributed by atoms with Crippen LogP contribution in [0.1, 0.15) is 39.2 Å². The summed E-state index contributed by atoms with van der Waals surface area (Å²) in [5.41, 5.74) is 1.09. The zero-order chi connectivity index (χ0) is 15.0. The van der Waals surface area contributed by atoms with Crippen molar-refractivity contribution < 1.29 is 9.66 Å². The summed E-state index contributed by atoms with van der Waals surface area (Å²) in [4.78, 5) is 10.6. The maximum Gasteiger partial charge on any atom is 0.310 e. The van der Waals surface area contributed by atoms with Gasteiger partial charge in [0.1, 0.15) is 0 Å². The lowest BCUT2D eigenvalue weighted by atomic mass is 10.1. The number of nitro groups is 1. The lowest BCUT2D eigenvalue weighted by Crippen LogP contribution is -2.28. The van der Waals surface area contributed by atoms with Gasteiger partial charge in [0.2, 0.25) is 0 Å². The monoisotopic (exact) mass is 280 g/mol. The Bertz CT molecular complexity index is 435. The molecule has 1 aromatic rings. The van der Waals surface area contributed by atoms with Crippen LogP contribution >= 0.6 is 0 Å². The topological polar surface area (TPSA) is 64.4 Å². The third kappa shape index (κ3) is 5.17. The summed E-state index contributed by atoms with van der Waals surface area (Å²) in [5.74, 6) is 0.372. The van der Waals surface area contributed by atoms with Crippen LogP contribution < -0.4 is 10.1 Å². The molecule has 1 N–H and O–H groups in total. The lowest BCUT2D eigenvalue weighted by Gasteiger charge is -2.14. The third-order valence-corrected chi connectivity index (χ3v) is 2.97. The van der Waals surface area contributed by atoms with E-state index in [0.717, 1.165) is 31.4 Å². The molecule has 5 nitrogen and oxygen atoms in total. The third-order valence-electron chi connectivity index (χ3n) is 2.97. The van der Waals surface area contributed by atoms with Crippen LogP contribution in [0.15, 0.2) is 18.2 Å². The van der Waals surface area contributed by atoms with Crippen LogP contribution in [0, 0.1) is 10.1 Å². The van der Waals surface area contributed by atoms with Crippen molar-refractivity contribution in [3.8, 4) is 5.75 Å². The van der Waals surface area contributed by atoms with Crippen LogP contribution in [0.4, 0.5) is 5.69 Å². The molecule has 5 heteroatoms. The van der Waals surface area contributed by atoms with Crippen molar-refractivity contribution in [2.24, 2.45) is 0 Å². The van der Waals surface area contributed by atoms with E-state index in [9.17, 15) is 10.1 Å². The van der Waals surface area contributed by atoms with Gasteiger partial charge in [0, 0.05) is 12.1 Å². The van der Waals surface area contributed by atoms with Crippen LogP contribution in [-0.4, -0.2) is 24.1 Å². The van der Waals surface area contributed by atoms with Gasteiger partial charge in [-0.15, -0.1) is 0 Å². The zero-order valence-electron chi connectivity index (χ0n) is 12.5. The van der Waals surface area contributed by atoms with E-state index in [2.05, 4.69) is 19.2 Å². The van der Waals surface area contributed by atoms with Crippen LogP contribution in [0.5, 0.6) is 5.75 Å². The Kier molecular flexibility index (Phi) is 7.01. The molecule has 0 radical (unpaired) electrons. The molecule has 0 aliphatic rings. The summed E-state index contributed by atoms with van der Waals surface area (Å²) in [5, 5.41) is 14.4. The highest BCUT2D eigenvalue weighted by Gasteiger charge is 2.16. The largest absolute Gasteiger partial charge is 0.487 e. The molecule has 0 heterocycles. The number of nitrogens with zero attached hydrogens (tertiary/aromatic N) is 1. The lowest BCUT2D eigenvalue weighted by molar-refractivity contribution is -0.385. The van der Waals surface area contributed by atoms with E-state index in [4.69, 9.17) is 4.74 Å². The second-order valence-electron chi connectivity index (χ2n) is 4.97. The zero-order valence-corrected chi connectivity index (χ0v) is 12.5. The Morgan fingerprint density at radius 2 is 2.10 bits per heavy atom. The number of benzene rings is 1. The van der Waals surface area contributed by atoms with E-state index in [1.807, 2.05) is 6.92 Å². The quantitative estimate of drug-likeness (QED) is 0.556. The molecule has 1 unspecified atom stereocenters. The summed E-state index contributed by atoms with van der Waals surface area (Å²) < 4.78 is 5.49. The molecular weight excluding hydrogens is 256 g/mol. The summed E-state index contributed by atoms with van der Waals surface area (Å²) in [6.45, 7) is 7.69. The Morgan fingerprint density at radius 1 is 1.35 bits per heavy atom. The molecule has 0 aromatic heterocycles. The molecule has 112 valence electrons. The first kappa shape index (κ1) is 16.4.